The monoisotopic (exact) mass is 437 g/mol. The summed E-state index contributed by atoms with van der Waals surface area (Å²) in [7, 11) is -3.81. The Bertz CT molecular complexity index is 945. The lowest BCUT2D eigenvalue weighted by Crippen LogP contribution is -2.50. The molecule has 1 fully saturated rings. The standard InChI is InChI=1S/C21H31N3O3S2/c1-14(2)12-19(21(25)23-16-8-6-4-5-7-9-16)24-29(26,27)17-10-11-18-20(13-17)28-15(3)22-18/h10-11,13-14,16,19,24H,4-9,12H2,1-3H3,(H,23,25)/t19-/m1/s1. The first-order chi connectivity index (χ1) is 13.7. The molecule has 1 heterocycles. The van der Waals surface area contributed by atoms with E-state index in [2.05, 4.69) is 15.0 Å². The van der Waals surface area contributed by atoms with Gasteiger partial charge in [-0.2, -0.15) is 4.72 Å². The predicted molar refractivity (Wildman–Crippen MR) is 118 cm³/mol. The lowest BCUT2D eigenvalue weighted by Gasteiger charge is -2.23. The van der Waals surface area contributed by atoms with Gasteiger partial charge in [-0.15, -0.1) is 11.3 Å². The van der Waals surface area contributed by atoms with E-state index in [1.807, 2.05) is 20.8 Å². The Morgan fingerprint density at radius 2 is 1.90 bits per heavy atom. The zero-order valence-corrected chi connectivity index (χ0v) is 19.0. The molecule has 2 aromatic rings. The maximum absolute atomic E-state index is 13.0. The van der Waals surface area contributed by atoms with E-state index in [0.717, 1.165) is 40.9 Å². The van der Waals surface area contributed by atoms with Crippen LogP contribution >= 0.6 is 11.3 Å². The topological polar surface area (TPSA) is 88.2 Å². The van der Waals surface area contributed by atoms with Crippen LogP contribution in [0.2, 0.25) is 0 Å². The largest absolute Gasteiger partial charge is 0.352 e. The highest BCUT2D eigenvalue weighted by Crippen LogP contribution is 2.25. The summed E-state index contributed by atoms with van der Waals surface area (Å²) >= 11 is 1.46. The first-order valence-corrected chi connectivity index (χ1v) is 12.7. The van der Waals surface area contributed by atoms with E-state index in [1.54, 1.807) is 18.2 Å². The first kappa shape index (κ1) is 22.2. The summed E-state index contributed by atoms with van der Waals surface area (Å²) in [5.41, 5.74) is 0.788. The molecule has 0 unspecified atom stereocenters. The molecule has 160 valence electrons. The number of carbonyl (C=O) groups excluding carboxylic acids is 1. The molecule has 3 rings (SSSR count). The fourth-order valence-electron chi connectivity index (χ4n) is 3.85. The molecular weight excluding hydrogens is 406 g/mol. The van der Waals surface area contributed by atoms with E-state index in [1.165, 1.54) is 24.2 Å². The van der Waals surface area contributed by atoms with Crippen LogP contribution in [0.5, 0.6) is 0 Å². The Hall–Kier alpha value is -1.51. The van der Waals surface area contributed by atoms with Gasteiger partial charge in [-0.05, 0) is 50.3 Å². The van der Waals surface area contributed by atoms with Crippen molar-refractivity contribution in [3.05, 3.63) is 23.2 Å². The molecule has 2 N–H and O–H groups in total. The molecule has 1 amide bonds. The van der Waals surface area contributed by atoms with Crippen molar-refractivity contribution < 1.29 is 13.2 Å². The number of hydrogen-bond donors (Lipinski definition) is 2. The van der Waals surface area contributed by atoms with Crippen LogP contribution in [0.25, 0.3) is 10.2 Å². The highest BCUT2D eigenvalue weighted by Gasteiger charge is 2.28. The lowest BCUT2D eigenvalue weighted by molar-refractivity contribution is -0.123. The quantitative estimate of drug-likeness (QED) is 0.637. The van der Waals surface area contributed by atoms with Crippen molar-refractivity contribution in [3.8, 4) is 0 Å². The second kappa shape index (κ2) is 9.53. The fraction of sp³-hybridized carbons (Fsp3) is 0.619. The number of amides is 1. The van der Waals surface area contributed by atoms with Crippen molar-refractivity contribution in [2.75, 3.05) is 0 Å². The average Bonchev–Trinajstić information content (AvgIpc) is 2.83. The zero-order chi connectivity index (χ0) is 21.0. The summed E-state index contributed by atoms with van der Waals surface area (Å²) in [4.78, 5) is 17.5. The van der Waals surface area contributed by atoms with Crippen molar-refractivity contribution >= 4 is 37.5 Å². The van der Waals surface area contributed by atoms with E-state index in [9.17, 15) is 13.2 Å². The van der Waals surface area contributed by atoms with Gasteiger partial charge in [0.2, 0.25) is 15.9 Å². The Kier molecular flexibility index (Phi) is 7.29. The van der Waals surface area contributed by atoms with Gasteiger partial charge in [-0.25, -0.2) is 13.4 Å². The SMILES string of the molecule is Cc1nc2ccc(S(=O)(=O)N[C@H](CC(C)C)C(=O)NC3CCCCCC3)cc2s1. The minimum atomic E-state index is -3.81. The van der Waals surface area contributed by atoms with Crippen LogP contribution in [0.3, 0.4) is 0 Å². The number of aromatic nitrogens is 1. The number of nitrogens with one attached hydrogen (secondary N) is 2. The van der Waals surface area contributed by atoms with E-state index in [4.69, 9.17) is 0 Å². The van der Waals surface area contributed by atoms with Gasteiger partial charge < -0.3 is 5.32 Å². The molecule has 0 saturated heterocycles. The average molecular weight is 438 g/mol. The summed E-state index contributed by atoms with van der Waals surface area (Å²) < 4.78 is 29.5. The fourth-order valence-corrected chi connectivity index (χ4v) is 6.02. The summed E-state index contributed by atoms with van der Waals surface area (Å²) in [6, 6.07) is 4.27. The molecule has 0 bridgehead atoms. The van der Waals surface area contributed by atoms with Crippen molar-refractivity contribution in [1.29, 1.82) is 0 Å². The molecular formula is C21H31N3O3S2. The van der Waals surface area contributed by atoms with E-state index < -0.39 is 16.1 Å². The smallest absolute Gasteiger partial charge is 0.241 e. The second-order valence-electron chi connectivity index (χ2n) is 8.36. The highest BCUT2D eigenvalue weighted by atomic mass is 32.2. The van der Waals surface area contributed by atoms with Gasteiger partial charge in [-0.3, -0.25) is 4.79 Å². The number of nitrogens with zero attached hydrogens (tertiary/aromatic N) is 1. The first-order valence-electron chi connectivity index (χ1n) is 10.4. The van der Waals surface area contributed by atoms with E-state index >= 15 is 0 Å². The predicted octanol–water partition coefficient (Wildman–Crippen LogP) is 4.14. The molecule has 1 atom stereocenters. The molecule has 6 nitrogen and oxygen atoms in total. The van der Waals surface area contributed by atoms with Gasteiger partial charge in [0.25, 0.3) is 0 Å². The van der Waals surface area contributed by atoms with E-state index in [-0.39, 0.29) is 22.8 Å². The molecule has 1 saturated carbocycles. The lowest BCUT2D eigenvalue weighted by atomic mass is 10.0. The maximum Gasteiger partial charge on any atom is 0.241 e. The Balaban J connectivity index is 1.77. The van der Waals surface area contributed by atoms with Crippen molar-refractivity contribution in [2.45, 2.75) is 82.7 Å². The molecule has 0 radical (unpaired) electrons. The number of hydrogen-bond acceptors (Lipinski definition) is 5. The van der Waals surface area contributed by atoms with Gasteiger partial charge in [0.15, 0.2) is 0 Å². The van der Waals surface area contributed by atoms with Crippen LogP contribution < -0.4 is 10.0 Å². The van der Waals surface area contributed by atoms with Crippen molar-refractivity contribution in [3.63, 3.8) is 0 Å². The minimum absolute atomic E-state index is 0.140. The number of thiazole rings is 1. The molecule has 1 aliphatic rings. The Labute approximate surface area is 177 Å². The Morgan fingerprint density at radius 1 is 1.21 bits per heavy atom. The highest BCUT2D eigenvalue weighted by molar-refractivity contribution is 7.89. The third-order valence-corrected chi connectivity index (χ3v) is 7.70. The minimum Gasteiger partial charge on any atom is -0.352 e. The summed E-state index contributed by atoms with van der Waals surface area (Å²) in [6.45, 7) is 5.88. The molecule has 0 spiro atoms. The van der Waals surface area contributed by atoms with Crippen LogP contribution in [-0.2, 0) is 14.8 Å². The summed E-state index contributed by atoms with van der Waals surface area (Å²) in [5, 5.41) is 3.99. The van der Waals surface area contributed by atoms with Crippen LogP contribution in [0.4, 0.5) is 0 Å². The molecule has 1 aromatic heterocycles. The number of rotatable bonds is 7. The van der Waals surface area contributed by atoms with Crippen LogP contribution in [0.1, 0.15) is 63.8 Å². The zero-order valence-electron chi connectivity index (χ0n) is 17.4. The molecule has 8 heteroatoms. The number of fused-ring (bicyclic) bond motifs is 1. The van der Waals surface area contributed by atoms with Gasteiger partial charge in [0, 0.05) is 6.04 Å². The molecule has 1 aromatic carbocycles. The van der Waals surface area contributed by atoms with Crippen molar-refractivity contribution in [2.24, 2.45) is 5.92 Å². The van der Waals surface area contributed by atoms with E-state index in [0.29, 0.717) is 6.42 Å². The number of benzene rings is 1. The third kappa shape index (κ3) is 5.99. The van der Waals surface area contributed by atoms with Gasteiger partial charge in [0.1, 0.15) is 6.04 Å². The van der Waals surface area contributed by atoms with Gasteiger partial charge in [-0.1, -0.05) is 39.5 Å². The van der Waals surface area contributed by atoms with Crippen LogP contribution in [-0.4, -0.2) is 31.4 Å². The van der Waals surface area contributed by atoms with Gasteiger partial charge >= 0.3 is 0 Å². The van der Waals surface area contributed by atoms with Crippen molar-refractivity contribution in [1.82, 2.24) is 15.0 Å². The Morgan fingerprint density at radius 3 is 2.55 bits per heavy atom. The molecule has 0 aliphatic heterocycles. The van der Waals surface area contributed by atoms with Gasteiger partial charge in [0.05, 0.1) is 20.1 Å². The molecule has 29 heavy (non-hydrogen) atoms. The number of aryl methyl sites for hydroxylation is 1. The molecule has 1 aliphatic carbocycles. The summed E-state index contributed by atoms with van der Waals surface area (Å²) in [6.07, 6.45) is 7.02. The number of sulfonamides is 1. The second-order valence-corrected chi connectivity index (χ2v) is 11.3. The van der Waals surface area contributed by atoms with Crippen LogP contribution in [0, 0.1) is 12.8 Å². The van der Waals surface area contributed by atoms with Crippen LogP contribution in [0.15, 0.2) is 23.1 Å². The third-order valence-electron chi connectivity index (χ3n) is 5.30. The number of carbonyl (C=O) groups is 1. The summed E-state index contributed by atoms with van der Waals surface area (Å²) in [5.74, 6) is -0.0295. The maximum atomic E-state index is 13.0. The normalized spacial score (nSPS) is 17.4.